The molecule has 0 aliphatic heterocycles. The van der Waals surface area contributed by atoms with Gasteiger partial charge in [-0.25, -0.2) is 4.98 Å². The molecule has 1 atom stereocenters. The molecular weight excluding hydrogens is 430 g/mol. The number of fused-ring (bicyclic) bond motifs is 1. The van der Waals surface area contributed by atoms with E-state index in [1.807, 2.05) is 22.8 Å². The number of anilines is 2. The highest BCUT2D eigenvalue weighted by atomic mass is 79.9. The van der Waals surface area contributed by atoms with Gasteiger partial charge in [0.05, 0.1) is 10.7 Å². The Morgan fingerprint density at radius 1 is 1.24 bits per heavy atom. The van der Waals surface area contributed by atoms with Gasteiger partial charge in [0.15, 0.2) is 5.65 Å². The summed E-state index contributed by atoms with van der Waals surface area (Å²) >= 11 is 3.55. The van der Waals surface area contributed by atoms with Crippen molar-refractivity contribution in [2.75, 3.05) is 30.3 Å². The van der Waals surface area contributed by atoms with Crippen LogP contribution in [0.15, 0.2) is 41.3 Å². The Hall–Kier alpha value is -2.19. The monoisotopic (exact) mass is 459 g/mol. The Balaban J connectivity index is 1.68. The van der Waals surface area contributed by atoms with Crippen molar-refractivity contribution in [3.8, 4) is 0 Å². The first-order valence-electron chi connectivity index (χ1n) is 10.3. The minimum atomic E-state index is 0.341. The molecule has 8 heteroatoms. The molecule has 29 heavy (non-hydrogen) atoms. The van der Waals surface area contributed by atoms with E-state index < -0.39 is 0 Å². The maximum Gasteiger partial charge on any atom is 0.173 e. The lowest BCUT2D eigenvalue weighted by Gasteiger charge is -2.20. The molecule has 0 saturated heterocycles. The van der Waals surface area contributed by atoms with Crippen LogP contribution in [0, 0.1) is 0 Å². The predicted octanol–water partition coefficient (Wildman–Crippen LogP) is 4.42. The van der Waals surface area contributed by atoms with Gasteiger partial charge < -0.3 is 15.5 Å². The molecule has 0 aromatic carbocycles. The summed E-state index contributed by atoms with van der Waals surface area (Å²) in [4.78, 5) is 11.4. The molecule has 3 aromatic heterocycles. The lowest BCUT2D eigenvalue weighted by Crippen LogP contribution is -2.25. The Morgan fingerprint density at radius 3 is 2.79 bits per heavy atom. The molecule has 0 bridgehead atoms. The summed E-state index contributed by atoms with van der Waals surface area (Å²) in [7, 11) is 0. The molecule has 1 unspecified atom stereocenters. The molecule has 156 valence electrons. The Bertz CT molecular complexity index is 893. The van der Waals surface area contributed by atoms with Crippen molar-refractivity contribution in [1.82, 2.24) is 24.5 Å². The van der Waals surface area contributed by atoms with Gasteiger partial charge in [-0.3, -0.25) is 4.98 Å². The Labute approximate surface area is 181 Å². The van der Waals surface area contributed by atoms with E-state index in [1.165, 1.54) is 6.42 Å². The minimum Gasteiger partial charge on any atom is -0.367 e. The molecule has 0 radical (unpaired) electrons. The maximum atomic E-state index is 4.75. The Kier molecular flexibility index (Phi) is 7.83. The van der Waals surface area contributed by atoms with Gasteiger partial charge in [0.2, 0.25) is 0 Å². The summed E-state index contributed by atoms with van der Waals surface area (Å²) in [5, 5.41) is 11.4. The zero-order valence-corrected chi connectivity index (χ0v) is 19.0. The van der Waals surface area contributed by atoms with Gasteiger partial charge in [-0.05, 0) is 67.0 Å². The van der Waals surface area contributed by atoms with Crippen LogP contribution in [0.3, 0.4) is 0 Å². The van der Waals surface area contributed by atoms with Crippen LogP contribution in [0.1, 0.15) is 39.2 Å². The lowest BCUT2D eigenvalue weighted by atomic mass is 10.1. The van der Waals surface area contributed by atoms with Crippen LogP contribution in [0.25, 0.3) is 5.65 Å². The van der Waals surface area contributed by atoms with Crippen LogP contribution < -0.4 is 10.6 Å². The fourth-order valence-corrected chi connectivity index (χ4v) is 3.66. The highest BCUT2D eigenvalue weighted by molar-refractivity contribution is 9.10. The number of halogens is 1. The number of pyridine rings is 1. The number of hydrogen-bond donors (Lipinski definition) is 2. The van der Waals surface area contributed by atoms with Gasteiger partial charge in [0.25, 0.3) is 0 Å². The lowest BCUT2D eigenvalue weighted by molar-refractivity contribution is 0.295. The van der Waals surface area contributed by atoms with Crippen LogP contribution in [0.4, 0.5) is 11.6 Å². The van der Waals surface area contributed by atoms with E-state index in [2.05, 4.69) is 68.4 Å². The fourth-order valence-electron chi connectivity index (χ4n) is 3.32. The maximum absolute atomic E-state index is 4.75. The first kappa shape index (κ1) is 21.5. The highest BCUT2D eigenvalue weighted by Gasteiger charge is 2.12. The molecule has 0 spiro atoms. The largest absolute Gasteiger partial charge is 0.367 e. The first-order chi connectivity index (χ1) is 14.1. The molecule has 3 heterocycles. The number of nitrogens with zero attached hydrogens (tertiary/aromatic N) is 5. The van der Waals surface area contributed by atoms with Crippen LogP contribution in [-0.2, 0) is 6.54 Å². The summed E-state index contributed by atoms with van der Waals surface area (Å²) in [6.07, 6.45) is 7.68. The molecule has 0 amide bonds. The Morgan fingerprint density at radius 2 is 2.07 bits per heavy atom. The molecule has 0 aliphatic rings. The molecule has 3 rings (SSSR count). The summed E-state index contributed by atoms with van der Waals surface area (Å²) in [6, 6.07) is 6.35. The SMILES string of the molecule is CCN(CC)CCCC(C)Nc1cc(NCc2cccnc2)n2ncc(Br)c2n1. The minimum absolute atomic E-state index is 0.341. The molecular formula is C21H30BrN7. The van der Waals surface area contributed by atoms with Gasteiger partial charge in [-0.15, -0.1) is 0 Å². The number of nitrogens with one attached hydrogen (secondary N) is 2. The third kappa shape index (κ3) is 5.90. The zero-order chi connectivity index (χ0) is 20.6. The highest BCUT2D eigenvalue weighted by Crippen LogP contribution is 2.23. The van der Waals surface area contributed by atoms with Crippen molar-refractivity contribution in [1.29, 1.82) is 0 Å². The van der Waals surface area contributed by atoms with E-state index in [1.54, 1.807) is 12.4 Å². The van der Waals surface area contributed by atoms with Crippen molar-refractivity contribution in [2.24, 2.45) is 0 Å². The number of aromatic nitrogens is 4. The smallest absolute Gasteiger partial charge is 0.173 e. The van der Waals surface area contributed by atoms with Crippen LogP contribution in [-0.4, -0.2) is 50.2 Å². The molecule has 7 nitrogen and oxygen atoms in total. The van der Waals surface area contributed by atoms with Crippen molar-refractivity contribution in [2.45, 2.75) is 46.2 Å². The van der Waals surface area contributed by atoms with Crippen molar-refractivity contribution < 1.29 is 0 Å². The summed E-state index contributed by atoms with van der Waals surface area (Å²) < 4.78 is 2.69. The van der Waals surface area contributed by atoms with Crippen LogP contribution in [0.5, 0.6) is 0 Å². The van der Waals surface area contributed by atoms with Crippen LogP contribution >= 0.6 is 15.9 Å². The average molecular weight is 460 g/mol. The average Bonchev–Trinajstić information content (AvgIpc) is 3.11. The van der Waals surface area contributed by atoms with Gasteiger partial charge in [-0.1, -0.05) is 19.9 Å². The third-order valence-electron chi connectivity index (χ3n) is 5.03. The third-order valence-corrected chi connectivity index (χ3v) is 5.58. The van der Waals surface area contributed by atoms with Gasteiger partial charge >= 0.3 is 0 Å². The van der Waals surface area contributed by atoms with Crippen LogP contribution in [0.2, 0.25) is 0 Å². The molecule has 2 N–H and O–H groups in total. The van der Waals surface area contributed by atoms with E-state index in [4.69, 9.17) is 4.98 Å². The quantitative estimate of drug-likeness (QED) is 0.442. The summed E-state index contributed by atoms with van der Waals surface area (Å²) in [6.45, 7) is 10.7. The second-order valence-electron chi connectivity index (χ2n) is 7.18. The van der Waals surface area contributed by atoms with Gasteiger partial charge in [0, 0.05) is 31.0 Å². The van der Waals surface area contributed by atoms with Crippen molar-refractivity contribution in [3.63, 3.8) is 0 Å². The normalized spacial score (nSPS) is 12.4. The molecule has 0 fully saturated rings. The van der Waals surface area contributed by atoms with Gasteiger partial charge in [0.1, 0.15) is 11.6 Å². The second-order valence-corrected chi connectivity index (χ2v) is 8.04. The number of rotatable bonds is 11. The fraction of sp³-hybridized carbons (Fsp3) is 0.476. The van der Waals surface area contributed by atoms with Crippen molar-refractivity contribution >= 4 is 33.2 Å². The summed E-state index contributed by atoms with van der Waals surface area (Å²) in [5.41, 5.74) is 1.90. The summed E-state index contributed by atoms with van der Waals surface area (Å²) in [5.74, 6) is 1.74. The molecule has 0 saturated carbocycles. The topological polar surface area (TPSA) is 70.4 Å². The van der Waals surface area contributed by atoms with E-state index >= 15 is 0 Å². The van der Waals surface area contributed by atoms with Crippen molar-refractivity contribution in [3.05, 3.63) is 46.8 Å². The molecule has 3 aromatic rings. The number of hydrogen-bond acceptors (Lipinski definition) is 6. The zero-order valence-electron chi connectivity index (χ0n) is 17.4. The van der Waals surface area contributed by atoms with E-state index in [9.17, 15) is 0 Å². The second kappa shape index (κ2) is 10.5. The van der Waals surface area contributed by atoms with E-state index in [0.717, 1.165) is 53.4 Å². The van der Waals surface area contributed by atoms with E-state index in [-0.39, 0.29) is 0 Å². The molecule has 0 aliphatic carbocycles. The standard InChI is InChI=1S/C21H30BrN7/c1-4-28(5-2)11-7-8-16(3)26-19-12-20(24-14-17-9-6-10-23-13-17)29-21(27-19)18(22)15-25-29/h6,9-10,12-13,15-16,24H,4-5,7-8,11,14H2,1-3H3,(H,26,27). The first-order valence-corrected chi connectivity index (χ1v) is 11.1. The van der Waals surface area contributed by atoms with E-state index in [0.29, 0.717) is 12.6 Å². The predicted molar refractivity (Wildman–Crippen MR) is 122 cm³/mol. The van der Waals surface area contributed by atoms with Gasteiger partial charge in [-0.2, -0.15) is 9.61 Å².